The van der Waals surface area contributed by atoms with E-state index in [9.17, 15) is 4.79 Å². The van der Waals surface area contributed by atoms with Crippen LogP contribution < -0.4 is 5.32 Å². The highest BCUT2D eigenvalue weighted by atomic mass is 79.9. The van der Waals surface area contributed by atoms with Gasteiger partial charge < -0.3 is 5.32 Å². The molecule has 0 saturated heterocycles. The van der Waals surface area contributed by atoms with E-state index in [0.29, 0.717) is 6.42 Å². The normalized spacial score (nSPS) is 10.2. The molecular formula is C14H20BrNO. The van der Waals surface area contributed by atoms with Crippen LogP contribution in [-0.2, 0) is 10.1 Å². The number of nitrogens with one attached hydrogen (secondary N) is 1. The fourth-order valence-corrected chi connectivity index (χ4v) is 2.02. The van der Waals surface area contributed by atoms with Gasteiger partial charge in [-0.1, -0.05) is 54.2 Å². The van der Waals surface area contributed by atoms with E-state index in [-0.39, 0.29) is 5.91 Å². The van der Waals surface area contributed by atoms with Crippen molar-refractivity contribution < 1.29 is 4.79 Å². The first kappa shape index (κ1) is 14.2. The molecule has 1 N–H and O–H groups in total. The molecule has 0 spiro atoms. The van der Waals surface area contributed by atoms with E-state index < -0.39 is 0 Å². The molecule has 0 aromatic heterocycles. The van der Waals surface area contributed by atoms with Crippen LogP contribution in [0.3, 0.4) is 0 Å². The molecule has 1 aromatic rings. The zero-order valence-electron chi connectivity index (χ0n) is 10.3. The topological polar surface area (TPSA) is 29.1 Å². The molecule has 0 aliphatic heterocycles. The summed E-state index contributed by atoms with van der Waals surface area (Å²) in [5, 5.41) is 3.75. The molecule has 0 saturated carbocycles. The maximum absolute atomic E-state index is 11.7. The van der Waals surface area contributed by atoms with Gasteiger partial charge in [-0.3, -0.25) is 4.79 Å². The van der Waals surface area contributed by atoms with Gasteiger partial charge in [0.15, 0.2) is 0 Å². The lowest BCUT2D eigenvalue weighted by molar-refractivity contribution is -0.116. The summed E-state index contributed by atoms with van der Waals surface area (Å²) in [4.78, 5) is 11.7. The molecule has 0 bridgehead atoms. The van der Waals surface area contributed by atoms with Crippen molar-refractivity contribution in [3.63, 3.8) is 0 Å². The van der Waals surface area contributed by atoms with Crippen LogP contribution in [0.25, 0.3) is 0 Å². The zero-order valence-corrected chi connectivity index (χ0v) is 11.9. The Labute approximate surface area is 112 Å². The molecule has 3 heteroatoms. The largest absolute Gasteiger partial charge is 0.326 e. The lowest BCUT2D eigenvalue weighted by Crippen LogP contribution is -2.11. The van der Waals surface area contributed by atoms with Crippen molar-refractivity contribution in [2.75, 3.05) is 5.32 Å². The smallest absolute Gasteiger partial charge is 0.224 e. The van der Waals surface area contributed by atoms with Crippen molar-refractivity contribution in [2.24, 2.45) is 0 Å². The van der Waals surface area contributed by atoms with E-state index in [2.05, 4.69) is 28.2 Å². The van der Waals surface area contributed by atoms with E-state index in [4.69, 9.17) is 0 Å². The Kier molecular flexibility index (Phi) is 6.94. The first-order valence-electron chi connectivity index (χ1n) is 6.21. The van der Waals surface area contributed by atoms with Crippen molar-refractivity contribution in [2.45, 2.75) is 44.4 Å². The molecule has 0 atom stereocenters. The number of hydrogen-bond acceptors (Lipinski definition) is 1. The number of hydrogen-bond donors (Lipinski definition) is 1. The van der Waals surface area contributed by atoms with Gasteiger partial charge >= 0.3 is 0 Å². The highest BCUT2D eigenvalue weighted by molar-refractivity contribution is 9.08. The van der Waals surface area contributed by atoms with Crippen LogP contribution in [0.1, 0.15) is 44.6 Å². The van der Waals surface area contributed by atoms with E-state index >= 15 is 0 Å². The zero-order chi connectivity index (χ0) is 12.5. The Morgan fingerprint density at radius 3 is 2.82 bits per heavy atom. The number of halogens is 1. The second-order valence-corrected chi connectivity index (χ2v) is 4.75. The Bertz CT molecular complexity index is 352. The van der Waals surface area contributed by atoms with Crippen molar-refractivity contribution >= 4 is 27.5 Å². The Morgan fingerprint density at radius 2 is 2.12 bits per heavy atom. The highest BCUT2D eigenvalue weighted by Crippen LogP contribution is 2.14. The van der Waals surface area contributed by atoms with Crippen LogP contribution >= 0.6 is 15.9 Å². The van der Waals surface area contributed by atoms with Gasteiger partial charge in [0.2, 0.25) is 5.91 Å². The molecule has 0 fully saturated rings. The number of anilines is 1. The van der Waals surface area contributed by atoms with Crippen LogP contribution in [0, 0.1) is 0 Å². The number of unbranched alkanes of at least 4 members (excludes halogenated alkanes) is 3. The number of carbonyl (C=O) groups excluding carboxylic acids is 1. The van der Waals surface area contributed by atoms with Crippen molar-refractivity contribution in [1.82, 2.24) is 0 Å². The number of amides is 1. The highest BCUT2D eigenvalue weighted by Gasteiger charge is 2.02. The summed E-state index contributed by atoms with van der Waals surface area (Å²) in [7, 11) is 0. The number of alkyl halides is 1. The third kappa shape index (κ3) is 5.87. The number of rotatable bonds is 7. The van der Waals surface area contributed by atoms with E-state index in [1.54, 1.807) is 0 Å². The fourth-order valence-electron chi connectivity index (χ4n) is 1.67. The lowest BCUT2D eigenvalue weighted by atomic mass is 10.1. The maximum atomic E-state index is 11.7. The molecule has 1 amide bonds. The van der Waals surface area contributed by atoms with Gasteiger partial charge in [0.1, 0.15) is 0 Å². The van der Waals surface area contributed by atoms with Crippen LogP contribution in [0.5, 0.6) is 0 Å². The van der Waals surface area contributed by atoms with Crippen LogP contribution in [0.15, 0.2) is 24.3 Å². The molecule has 1 aromatic carbocycles. The molecule has 94 valence electrons. The average molecular weight is 298 g/mol. The Hall–Kier alpha value is -0.830. The minimum atomic E-state index is 0.118. The molecule has 0 aliphatic rings. The van der Waals surface area contributed by atoms with Gasteiger partial charge in [0, 0.05) is 17.4 Å². The minimum absolute atomic E-state index is 0.118. The van der Waals surface area contributed by atoms with E-state index in [1.807, 2.05) is 24.3 Å². The SMILES string of the molecule is CCCCCCC(=O)Nc1cccc(CBr)c1. The van der Waals surface area contributed by atoms with Gasteiger partial charge in [-0.15, -0.1) is 0 Å². The Balaban J connectivity index is 2.34. The third-order valence-electron chi connectivity index (χ3n) is 2.62. The summed E-state index contributed by atoms with van der Waals surface area (Å²) in [6.45, 7) is 2.17. The molecule has 17 heavy (non-hydrogen) atoms. The molecule has 1 rings (SSSR count). The van der Waals surface area contributed by atoms with Crippen LogP contribution in [0.4, 0.5) is 5.69 Å². The molecule has 0 unspecified atom stereocenters. The van der Waals surface area contributed by atoms with Gasteiger partial charge in [-0.05, 0) is 24.1 Å². The maximum Gasteiger partial charge on any atom is 0.224 e. The van der Waals surface area contributed by atoms with Crippen LogP contribution in [-0.4, -0.2) is 5.91 Å². The molecule has 0 aliphatic carbocycles. The van der Waals surface area contributed by atoms with E-state index in [1.165, 1.54) is 18.4 Å². The van der Waals surface area contributed by atoms with Gasteiger partial charge in [0.25, 0.3) is 0 Å². The summed E-state index contributed by atoms with van der Waals surface area (Å²) >= 11 is 3.40. The number of benzene rings is 1. The minimum Gasteiger partial charge on any atom is -0.326 e. The lowest BCUT2D eigenvalue weighted by Gasteiger charge is -2.06. The quantitative estimate of drug-likeness (QED) is 0.583. The first-order chi connectivity index (χ1) is 8.26. The first-order valence-corrected chi connectivity index (χ1v) is 7.33. The Morgan fingerprint density at radius 1 is 1.29 bits per heavy atom. The van der Waals surface area contributed by atoms with Gasteiger partial charge in [-0.25, -0.2) is 0 Å². The molecular weight excluding hydrogens is 278 g/mol. The second kappa shape index (κ2) is 8.29. The fraction of sp³-hybridized carbons (Fsp3) is 0.500. The average Bonchev–Trinajstić information content (AvgIpc) is 2.35. The molecule has 0 radical (unpaired) electrons. The third-order valence-corrected chi connectivity index (χ3v) is 3.27. The van der Waals surface area contributed by atoms with Crippen LogP contribution in [0.2, 0.25) is 0 Å². The van der Waals surface area contributed by atoms with Crippen molar-refractivity contribution in [1.29, 1.82) is 0 Å². The van der Waals surface area contributed by atoms with Gasteiger partial charge in [0.05, 0.1) is 0 Å². The van der Waals surface area contributed by atoms with E-state index in [0.717, 1.165) is 23.9 Å². The van der Waals surface area contributed by atoms with Gasteiger partial charge in [-0.2, -0.15) is 0 Å². The predicted molar refractivity (Wildman–Crippen MR) is 76.5 cm³/mol. The monoisotopic (exact) mass is 297 g/mol. The molecule has 2 nitrogen and oxygen atoms in total. The summed E-state index contributed by atoms with van der Waals surface area (Å²) < 4.78 is 0. The summed E-state index contributed by atoms with van der Waals surface area (Å²) in [6.07, 6.45) is 5.17. The number of carbonyl (C=O) groups is 1. The summed E-state index contributed by atoms with van der Waals surface area (Å²) in [5.74, 6) is 0.118. The molecule has 0 heterocycles. The standard InChI is InChI=1S/C14H20BrNO/c1-2-3-4-5-9-14(17)16-13-8-6-7-12(10-13)11-15/h6-8,10H,2-5,9,11H2,1H3,(H,16,17). The second-order valence-electron chi connectivity index (χ2n) is 4.19. The predicted octanol–water partition coefficient (Wildman–Crippen LogP) is 4.49. The van der Waals surface area contributed by atoms with Crippen molar-refractivity contribution in [3.05, 3.63) is 29.8 Å². The van der Waals surface area contributed by atoms with Crippen molar-refractivity contribution in [3.8, 4) is 0 Å². The summed E-state index contributed by atoms with van der Waals surface area (Å²) in [5.41, 5.74) is 2.07. The summed E-state index contributed by atoms with van der Waals surface area (Å²) in [6, 6.07) is 7.92.